The fraction of sp³-hybridized carbons (Fsp3) is 0.773. The predicted molar refractivity (Wildman–Crippen MR) is 115 cm³/mol. The van der Waals surface area contributed by atoms with Gasteiger partial charge in [0.25, 0.3) is 0 Å². The lowest BCUT2D eigenvalue weighted by molar-refractivity contribution is -0.121. The molecule has 25 heavy (non-hydrogen) atoms. The van der Waals surface area contributed by atoms with Crippen LogP contribution in [0.1, 0.15) is 90.4 Å². The molecule has 146 valence electrons. The van der Waals surface area contributed by atoms with Crippen LogP contribution in [0.15, 0.2) is 24.3 Å². The number of rotatable bonds is 18. The van der Waals surface area contributed by atoms with Gasteiger partial charge in [0, 0.05) is 13.0 Å². The maximum atomic E-state index is 11.6. The molecule has 0 aliphatic heterocycles. The summed E-state index contributed by atoms with van der Waals surface area (Å²) in [7, 11) is 0. The van der Waals surface area contributed by atoms with E-state index in [1.165, 1.54) is 57.8 Å². The number of hydrogen-bond acceptors (Lipinski definition) is 2. The normalized spacial score (nSPS) is 11.6. The number of unbranched alkanes of at least 4 members (excludes halogenated alkanes) is 8. The van der Waals surface area contributed by atoms with Crippen LogP contribution >= 0.6 is 11.8 Å². The van der Waals surface area contributed by atoms with Gasteiger partial charge in [0.1, 0.15) is 0 Å². The number of thioether (sulfide) groups is 1. The Morgan fingerprint density at radius 3 is 2.16 bits per heavy atom. The molecule has 0 heterocycles. The lowest BCUT2D eigenvalue weighted by Crippen LogP contribution is -2.24. The molecule has 0 aliphatic carbocycles. The van der Waals surface area contributed by atoms with Gasteiger partial charge in [-0.2, -0.15) is 11.8 Å². The van der Waals surface area contributed by atoms with E-state index in [0.717, 1.165) is 31.6 Å². The summed E-state index contributed by atoms with van der Waals surface area (Å²) in [5, 5.41) is 3.00. The quantitative estimate of drug-likeness (QED) is 0.216. The van der Waals surface area contributed by atoms with Crippen LogP contribution in [0.2, 0.25) is 0 Å². The minimum atomic E-state index is 0.229. The lowest BCUT2D eigenvalue weighted by atomic mass is 10.1. The molecule has 0 aromatic carbocycles. The van der Waals surface area contributed by atoms with E-state index < -0.39 is 0 Å². The van der Waals surface area contributed by atoms with Crippen molar-refractivity contribution in [3.05, 3.63) is 24.3 Å². The van der Waals surface area contributed by atoms with Crippen LogP contribution in [-0.2, 0) is 4.79 Å². The zero-order valence-electron chi connectivity index (χ0n) is 16.7. The van der Waals surface area contributed by atoms with Gasteiger partial charge in [0.05, 0.1) is 0 Å². The van der Waals surface area contributed by atoms with Crippen LogP contribution in [0, 0.1) is 0 Å². The van der Waals surface area contributed by atoms with E-state index in [4.69, 9.17) is 0 Å². The number of nitrogens with one attached hydrogen (secondary N) is 1. The highest BCUT2D eigenvalue weighted by Gasteiger charge is 1.99. The van der Waals surface area contributed by atoms with E-state index in [-0.39, 0.29) is 5.91 Å². The number of amides is 1. The molecule has 0 spiro atoms. The molecule has 1 amide bonds. The zero-order valence-corrected chi connectivity index (χ0v) is 17.5. The van der Waals surface area contributed by atoms with Crippen molar-refractivity contribution in [2.75, 3.05) is 18.6 Å². The largest absolute Gasteiger partial charge is 0.356 e. The van der Waals surface area contributed by atoms with Crippen molar-refractivity contribution in [3.8, 4) is 0 Å². The van der Waals surface area contributed by atoms with Crippen LogP contribution < -0.4 is 5.32 Å². The van der Waals surface area contributed by atoms with Gasteiger partial charge in [-0.15, -0.1) is 0 Å². The van der Waals surface area contributed by atoms with Crippen molar-refractivity contribution in [2.45, 2.75) is 90.4 Å². The van der Waals surface area contributed by atoms with Gasteiger partial charge in [-0.1, -0.05) is 63.3 Å². The van der Waals surface area contributed by atoms with Crippen molar-refractivity contribution in [2.24, 2.45) is 0 Å². The Kier molecular flexibility index (Phi) is 20.7. The summed E-state index contributed by atoms with van der Waals surface area (Å²) in [6, 6.07) is 0. The molecule has 2 nitrogen and oxygen atoms in total. The van der Waals surface area contributed by atoms with Crippen LogP contribution in [0.5, 0.6) is 0 Å². The molecule has 1 N–H and O–H groups in total. The Bertz CT molecular complexity index is 339. The van der Waals surface area contributed by atoms with E-state index in [1.54, 1.807) is 0 Å². The maximum Gasteiger partial charge on any atom is 0.219 e. The molecular weight excluding hydrogens is 326 g/mol. The molecule has 0 rings (SSSR count). The fourth-order valence-electron chi connectivity index (χ4n) is 2.63. The predicted octanol–water partition coefficient (Wildman–Crippen LogP) is 6.67. The van der Waals surface area contributed by atoms with Crippen LogP contribution in [0.4, 0.5) is 0 Å². The molecule has 0 saturated carbocycles. The summed E-state index contributed by atoms with van der Waals surface area (Å²) in [6.07, 6.45) is 26.6. The van der Waals surface area contributed by atoms with E-state index >= 15 is 0 Å². The molecule has 0 aliphatic rings. The Morgan fingerprint density at radius 1 is 0.840 bits per heavy atom. The Morgan fingerprint density at radius 2 is 1.48 bits per heavy atom. The van der Waals surface area contributed by atoms with E-state index in [0.29, 0.717) is 6.42 Å². The Hall–Kier alpha value is -0.700. The highest BCUT2D eigenvalue weighted by molar-refractivity contribution is 7.98. The van der Waals surface area contributed by atoms with Crippen molar-refractivity contribution in [1.82, 2.24) is 5.32 Å². The van der Waals surface area contributed by atoms with Gasteiger partial charge in [0.2, 0.25) is 5.91 Å². The molecule has 0 atom stereocenters. The summed E-state index contributed by atoms with van der Waals surface area (Å²) in [5.74, 6) is 1.36. The van der Waals surface area contributed by atoms with Gasteiger partial charge < -0.3 is 5.32 Å². The smallest absolute Gasteiger partial charge is 0.219 e. The summed E-state index contributed by atoms with van der Waals surface area (Å²) < 4.78 is 0. The fourth-order valence-corrected chi connectivity index (χ4v) is 3.06. The first-order valence-electron chi connectivity index (χ1n) is 10.4. The minimum absolute atomic E-state index is 0.229. The van der Waals surface area contributed by atoms with Crippen molar-refractivity contribution < 1.29 is 4.79 Å². The monoisotopic (exact) mass is 367 g/mol. The molecule has 0 unspecified atom stereocenters. The summed E-state index contributed by atoms with van der Waals surface area (Å²) in [5.41, 5.74) is 0. The second kappa shape index (κ2) is 21.3. The summed E-state index contributed by atoms with van der Waals surface area (Å²) in [4.78, 5) is 11.6. The molecule has 0 aromatic rings. The topological polar surface area (TPSA) is 29.1 Å². The first kappa shape index (κ1) is 24.3. The minimum Gasteiger partial charge on any atom is -0.356 e. The van der Waals surface area contributed by atoms with Crippen LogP contribution in [0.3, 0.4) is 0 Å². The maximum absolute atomic E-state index is 11.6. The van der Waals surface area contributed by atoms with Gasteiger partial charge in [0.15, 0.2) is 0 Å². The first-order chi connectivity index (χ1) is 12.3. The number of carbonyl (C=O) groups is 1. The molecule has 3 heteroatoms. The molecular formula is C22H41NOS. The average molecular weight is 368 g/mol. The van der Waals surface area contributed by atoms with Gasteiger partial charge >= 0.3 is 0 Å². The number of hydrogen-bond donors (Lipinski definition) is 1. The molecule has 0 radical (unpaired) electrons. The SMILES string of the molecule is CCCCC/C=C\C/C=C\CCCCCCCC(=O)NCCCSC. The molecule has 0 bridgehead atoms. The summed E-state index contributed by atoms with van der Waals surface area (Å²) in [6.45, 7) is 3.08. The second-order valence-electron chi connectivity index (χ2n) is 6.68. The highest BCUT2D eigenvalue weighted by Crippen LogP contribution is 2.08. The number of carbonyl (C=O) groups excluding carboxylic acids is 1. The van der Waals surface area contributed by atoms with E-state index in [9.17, 15) is 4.79 Å². The third-order valence-electron chi connectivity index (χ3n) is 4.20. The first-order valence-corrected chi connectivity index (χ1v) is 11.8. The Balaban J connectivity index is 3.25. The van der Waals surface area contributed by atoms with Crippen molar-refractivity contribution in [3.63, 3.8) is 0 Å². The van der Waals surface area contributed by atoms with Crippen molar-refractivity contribution >= 4 is 17.7 Å². The standard InChI is InChI=1S/C22H41NOS/c1-3-4-5-6-7-8-9-10-11-12-13-14-15-16-17-19-22(24)23-20-18-21-25-2/h7-8,10-11H,3-6,9,12-21H2,1-2H3,(H,23,24)/b8-7-,11-10-. The summed E-state index contributed by atoms with van der Waals surface area (Å²) >= 11 is 1.83. The highest BCUT2D eigenvalue weighted by atomic mass is 32.2. The van der Waals surface area contributed by atoms with E-state index in [2.05, 4.69) is 42.8 Å². The van der Waals surface area contributed by atoms with Crippen molar-refractivity contribution in [1.29, 1.82) is 0 Å². The third kappa shape index (κ3) is 21.3. The van der Waals surface area contributed by atoms with E-state index in [1.807, 2.05) is 11.8 Å². The van der Waals surface area contributed by atoms with Gasteiger partial charge in [-0.25, -0.2) is 0 Å². The molecule has 0 aromatic heterocycles. The van der Waals surface area contributed by atoms with Crippen LogP contribution in [-0.4, -0.2) is 24.5 Å². The number of allylic oxidation sites excluding steroid dienone is 4. The molecule has 0 fully saturated rings. The molecule has 0 saturated heterocycles. The van der Waals surface area contributed by atoms with Gasteiger partial charge in [-0.05, 0) is 57.0 Å². The van der Waals surface area contributed by atoms with Crippen LogP contribution in [0.25, 0.3) is 0 Å². The third-order valence-corrected chi connectivity index (χ3v) is 4.90. The van der Waals surface area contributed by atoms with Gasteiger partial charge in [-0.3, -0.25) is 4.79 Å². The zero-order chi connectivity index (χ0) is 18.4. The Labute approximate surface area is 161 Å². The average Bonchev–Trinajstić information content (AvgIpc) is 2.62. The lowest BCUT2D eigenvalue weighted by Gasteiger charge is -2.04. The second-order valence-corrected chi connectivity index (χ2v) is 7.66.